The number of piperidine rings is 1. The van der Waals surface area contributed by atoms with Crippen molar-refractivity contribution in [2.24, 2.45) is 5.92 Å². The number of amides is 1. The third kappa shape index (κ3) is 2.40. The molecular weight excluding hydrogens is 226 g/mol. The number of aromatic nitrogens is 1. The molecule has 1 fully saturated rings. The van der Waals surface area contributed by atoms with E-state index in [0.29, 0.717) is 6.54 Å². The molecular formula is C14H19N3O. The monoisotopic (exact) mass is 245 g/mol. The molecule has 1 aromatic heterocycles. The Morgan fingerprint density at radius 2 is 2.33 bits per heavy atom. The smallest absolute Gasteiger partial charge is 0.270 e. The Kier molecular flexibility index (Phi) is 3.71. The van der Waals surface area contributed by atoms with E-state index in [9.17, 15) is 4.79 Å². The minimum Gasteiger partial charge on any atom is -0.341 e. The summed E-state index contributed by atoms with van der Waals surface area (Å²) >= 11 is 0. The summed E-state index contributed by atoms with van der Waals surface area (Å²) < 4.78 is 1.98. The Morgan fingerprint density at radius 3 is 3.00 bits per heavy atom. The van der Waals surface area contributed by atoms with Crippen LogP contribution in [-0.4, -0.2) is 28.5 Å². The molecule has 1 amide bonds. The molecule has 0 radical (unpaired) electrons. The first-order chi connectivity index (χ1) is 8.63. The predicted molar refractivity (Wildman–Crippen MR) is 69.1 cm³/mol. The Bertz CT molecular complexity index is 470. The van der Waals surface area contributed by atoms with Crippen molar-refractivity contribution in [3.63, 3.8) is 0 Å². The first-order valence-corrected chi connectivity index (χ1v) is 6.49. The van der Waals surface area contributed by atoms with Gasteiger partial charge in [-0.1, -0.05) is 0 Å². The molecule has 2 heterocycles. The maximum atomic E-state index is 12.4. The third-order valence-electron chi connectivity index (χ3n) is 3.45. The molecule has 1 aromatic rings. The van der Waals surface area contributed by atoms with E-state index in [1.54, 1.807) is 0 Å². The zero-order valence-corrected chi connectivity index (χ0v) is 11.0. The van der Waals surface area contributed by atoms with Gasteiger partial charge in [0.2, 0.25) is 0 Å². The lowest BCUT2D eigenvalue weighted by atomic mass is 9.99. The summed E-state index contributed by atoms with van der Waals surface area (Å²) in [6.45, 7) is 5.45. The molecule has 0 aliphatic carbocycles. The number of carbonyl (C=O) groups is 1. The van der Waals surface area contributed by atoms with Crippen molar-refractivity contribution in [3.05, 3.63) is 24.0 Å². The second-order valence-corrected chi connectivity index (χ2v) is 5.11. The van der Waals surface area contributed by atoms with Gasteiger partial charge in [0.05, 0.1) is 12.0 Å². The van der Waals surface area contributed by atoms with E-state index < -0.39 is 0 Å². The van der Waals surface area contributed by atoms with Gasteiger partial charge in [-0.2, -0.15) is 5.26 Å². The van der Waals surface area contributed by atoms with E-state index in [-0.39, 0.29) is 17.9 Å². The molecule has 96 valence electrons. The van der Waals surface area contributed by atoms with Gasteiger partial charge in [0, 0.05) is 25.3 Å². The number of carbonyl (C=O) groups excluding carboxylic acids is 1. The molecule has 1 saturated heterocycles. The second-order valence-electron chi connectivity index (χ2n) is 5.11. The van der Waals surface area contributed by atoms with E-state index in [4.69, 9.17) is 5.26 Å². The SMILES string of the molecule is CC(C)n1cccc1C(=O)N1CCC[C@@H](C#N)C1. The van der Waals surface area contributed by atoms with Gasteiger partial charge in [0.1, 0.15) is 5.69 Å². The number of hydrogen-bond donors (Lipinski definition) is 0. The average Bonchev–Trinajstić information content (AvgIpc) is 2.87. The summed E-state index contributed by atoms with van der Waals surface area (Å²) in [6.07, 6.45) is 3.77. The summed E-state index contributed by atoms with van der Waals surface area (Å²) in [6, 6.07) is 6.31. The Balaban J connectivity index is 2.16. The first-order valence-electron chi connectivity index (χ1n) is 6.49. The van der Waals surface area contributed by atoms with Crippen LogP contribution in [0, 0.1) is 17.2 Å². The van der Waals surface area contributed by atoms with Crippen molar-refractivity contribution in [2.45, 2.75) is 32.7 Å². The van der Waals surface area contributed by atoms with Crippen molar-refractivity contribution < 1.29 is 4.79 Å². The van der Waals surface area contributed by atoms with Crippen LogP contribution in [0.3, 0.4) is 0 Å². The summed E-state index contributed by atoms with van der Waals surface area (Å²) in [5.41, 5.74) is 0.726. The van der Waals surface area contributed by atoms with Gasteiger partial charge in [-0.3, -0.25) is 4.79 Å². The van der Waals surface area contributed by atoms with E-state index >= 15 is 0 Å². The molecule has 0 bridgehead atoms. The summed E-state index contributed by atoms with van der Waals surface area (Å²) in [5, 5.41) is 8.97. The van der Waals surface area contributed by atoms with Gasteiger partial charge in [-0.15, -0.1) is 0 Å². The molecule has 0 aromatic carbocycles. The summed E-state index contributed by atoms with van der Waals surface area (Å²) in [4.78, 5) is 14.3. The molecule has 0 saturated carbocycles. The van der Waals surface area contributed by atoms with Crippen molar-refractivity contribution in [3.8, 4) is 6.07 Å². The Hall–Kier alpha value is -1.76. The van der Waals surface area contributed by atoms with E-state index in [2.05, 4.69) is 19.9 Å². The minimum absolute atomic E-state index is 0.00911. The van der Waals surface area contributed by atoms with Crippen LogP contribution in [0.2, 0.25) is 0 Å². The van der Waals surface area contributed by atoms with Crippen LogP contribution < -0.4 is 0 Å². The number of nitriles is 1. The zero-order valence-electron chi connectivity index (χ0n) is 11.0. The van der Waals surface area contributed by atoms with Gasteiger partial charge < -0.3 is 9.47 Å². The van der Waals surface area contributed by atoms with Crippen LogP contribution in [0.1, 0.15) is 43.2 Å². The molecule has 0 unspecified atom stereocenters. The molecule has 1 aliphatic heterocycles. The topological polar surface area (TPSA) is 49.0 Å². The molecule has 2 rings (SSSR count). The highest BCUT2D eigenvalue weighted by molar-refractivity contribution is 5.93. The summed E-state index contributed by atoms with van der Waals surface area (Å²) in [7, 11) is 0. The molecule has 1 aliphatic rings. The maximum Gasteiger partial charge on any atom is 0.270 e. The Labute approximate surface area is 108 Å². The largest absolute Gasteiger partial charge is 0.341 e. The Morgan fingerprint density at radius 1 is 1.56 bits per heavy atom. The van der Waals surface area contributed by atoms with Crippen molar-refractivity contribution in [1.82, 2.24) is 9.47 Å². The second kappa shape index (κ2) is 5.26. The van der Waals surface area contributed by atoms with Crippen LogP contribution in [0.5, 0.6) is 0 Å². The number of rotatable bonds is 2. The van der Waals surface area contributed by atoms with Gasteiger partial charge in [0.25, 0.3) is 5.91 Å². The van der Waals surface area contributed by atoms with Crippen molar-refractivity contribution in [2.75, 3.05) is 13.1 Å². The fourth-order valence-corrected chi connectivity index (χ4v) is 2.45. The lowest BCUT2D eigenvalue weighted by molar-refractivity contribution is 0.0686. The van der Waals surface area contributed by atoms with E-state index in [0.717, 1.165) is 25.1 Å². The highest BCUT2D eigenvalue weighted by atomic mass is 16.2. The van der Waals surface area contributed by atoms with E-state index in [1.165, 1.54) is 0 Å². The van der Waals surface area contributed by atoms with Crippen molar-refractivity contribution >= 4 is 5.91 Å². The first kappa shape index (κ1) is 12.7. The van der Waals surface area contributed by atoms with Gasteiger partial charge >= 0.3 is 0 Å². The van der Waals surface area contributed by atoms with Crippen LogP contribution in [0.4, 0.5) is 0 Å². The molecule has 1 atom stereocenters. The van der Waals surface area contributed by atoms with Gasteiger partial charge in [0.15, 0.2) is 0 Å². The van der Waals surface area contributed by atoms with Crippen LogP contribution in [0.25, 0.3) is 0 Å². The highest BCUT2D eigenvalue weighted by Gasteiger charge is 2.26. The lowest BCUT2D eigenvalue weighted by Gasteiger charge is -2.30. The minimum atomic E-state index is -0.00911. The lowest BCUT2D eigenvalue weighted by Crippen LogP contribution is -2.40. The molecule has 18 heavy (non-hydrogen) atoms. The third-order valence-corrected chi connectivity index (χ3v) is 3.45. The van der Waals surface area contributed by atoms with Gasteiger partial charge in [-0.25, -0.2) is 0 Å². The number of nitrogens with zero attached hydrogens (tertiary/aromatic N) is 3. The standard InChI is InChI=1S/C14H19N3O/c1-11(2)17-8-4-6-13(17)14(18)16-7-3-5-12(9-15)10-16/h4,6,8,11-12H,3,5,7,10H2,1-2H3/t12-/m0/s1. The van der Waals surface area contributed by atoms with Gasteiger partial charge in [-0.05, 0) is 38.8 Å². The fourth-order valence-electron chi connectivity index (χ4n) is 2.45. The number of hydrogen-bond acceptors (Lipinski definition) is 2. The zero-order chi connectivity index (χ0) is 13.1. The van der Waals surface area contributed by atoms with Crippen LogP contribution in [0.15, 0.2) is 18.3 Å². The van der Waals surface area contributed by atoms with Crippen molar-refractivity contribution in [1.29, 1.82) is 5.26 Å². The molecule has 4 heteroatoms. The van der Waals surface area contributed by atoms with E-state index in [1.807, 2.05) is 27.8 Å². The number of likely N-dealkylation sites (tertiary alicyclic amines) is 1. The maximum absolute atomic E-state index is 12.4. The predicted octanol–water partition coefficient (Wildman–Crippen LogP) is 2.44. The van der Waals surface area contributed by atoms with Crippen LogP contribution in [-0.2, 0) is 0 Å². The fraction of sp³-hybridized carbons (Fsp3) is 0.571. The molecule has 0 spiro atoms. The normalized spacial score (nSPS) is 19.9. The van der Waals surface area contributed by atoms with Crippen LogP contribution >= 0.6 is 0 Å². The molecule has 0 N–H and O–H groups in total. The highest BCUT2D eigenvalue weighted by Crippen LogP contribution is 2.19. The average molecular weight is 245 g/mol. The molecule has 4 nitrogen and oxygen atoms in total. The summed E-state index contributed by atoms with van der Waals surface area (Å²) in [5.74, 6) is 0.0406. The quantitative estimate of drug-likeness (QED) is 0.803.